The summed E-state index contributed by atoms with van der Waals surface area (Å²) in [6.45, 7) is 7.46. The fraction of sp³-hybridized carbons (Fsp3) is 0.409. The Bertz CT molecular complexity index is 750. The van der Waals surface area contributed by atoms with Gasteiger partial charge in [0.05, 0.1) is 6.07 Å². The van der Waals surface area contributed by atoms with E-state index in [1.165, 1.54) is 22.3 Å². The SMILES string of the molecule is CC(C)(C)c1ccc2c(c1)CC(C#N)(NCc1ccccc1)CC2. The highest BCUT2D eigenvalue weighted by Gasteiger charge is 2.34. The molecule has 2 heteroatoms. The standard InChI is InChI=1S/C22H26N2/c1-21(2,3)20-10-9-18-11-12-22(16-23,14-19(18)13-20)24-15-17-7-5-4-6-8-17/h4-10,13,24H,11-12,14-15H2,1-3H3. The van der Waals surface area contributed by atoms with Crippen molar-refractivity contribution in [2.45, 2.75) is 57.5 Å². The van der Waals surface area contributed by atoms with Gasteiger partial charge in [0, 0.05) is 13.0 Å². The van der Waals surface area contributed by atoms with Gasteiger partial charge in [-0.3, -0.25) is 5.32 Å². The van der Waals surface area contributed by atoms with Crippen molar-refractivity contribution in [3.63, 3.8) is 0 Å². The average Bonchev–Trinajstić information content (AvgIpc) is 2.59. The van der Waals surface area contributed by atoms with Crippen LogP contribution in [0.1, 0.15) is 49.4 Å². The number of nitrogens with one attached hydrogen (secondary N) is 1. The number of hydrogen-bond acceptors (Lipinski definition) is 2. The van der Waals surface area contributed by atoms with Gasteiger partial charge in [-0.1, -0.05) is 69.3 Å². The van der Waals surface area contributed by atoms with E-state index in [9.17, 15) is 5.26 Å². The van der Waals surface area contributed by atoms with Crippen LogP contribution in [0.2, 0.25) is 0 Å². The monoisotopic (exact) mass is 318 g/mol. The molecule has 0 saturated heterocycles. The lowest BCUT2D eigenvalue weighted by molar-refractivity contribution is 0.363. The first kappa shape index (κ1) is 16.7. The highest BCUT2D eigenvalue weighted by Crippen LogP contribution is 2.32. The summed E-state index contributed by atoms with van der Waals surface area (Å²) in [5.41, 5.74) is 4.98. The Labute approximate surface area is 145 Å². The minimum atomic E-state index is -0.459. The molecule has 1 aliphatic rings. The molecule has 24 heavy (non-hydrogen) atoms. The van der Waals surface area contributed by atoms with Gasteiger partial charge in [-0.25, -0.2) is 0 Å². The second kappa shape index (κ2) is 6.42. The maximum atomic E-state index is 9.86. The van der Waals surface area contributed by atoms with Gasteiger partial charge in [0.15, 0.2) is 0 Å². The highest BCUT2D eigenvalue weighted by atomic mass is 15.0. The zero-order valence-electron chi connectivity index (χ0n) is 14.9. The van der Waals surface area contributed by atoms with E-state index >= 15 is 0 Å². The van der Waals surface area contributed by atoms with E-state index in [0.717, 1.165) is 25.8 Å². The van der Waals surface area contributed by atoms with Gasteiger partial charge in [-0.2, -0.15) is 5.26 Å². The van der Waals surface area contributed by atoms with Crippen LogP contribution in [0.5, 0.6) is 0 Å². The molecule has 1 aliphatic carbocycles. The molecule has 0 aromatic heterocycles. The molecule has 3 rings (SSSR count). The van der Waals surface area contributed by atoms with Crippen molar-refractivity contribution in [3.05, 3.63) is 70.8 Å². The molecule has 1 atom stereocenters. The van der Waals surface area contributed by atoms with Crippen molar-refractivity contribution in [1.29, 1.82) is 5.26 Å². The minimum absolute atomic E-state index is 0.138. The van der Waals surface area contributed by atoms with Crippen molar-refractivity contribution >= 4 is 0 Å². The van der Waals surface area contributed by atoms with Crippen LogP contribution in [0.25, 0.3) is 0 Å². The van der Waals surface area contributed by atoms with Gasteiger partial charge in [-0.05, 0) is 40.5 Å². The second-order valence-electron chi connectivity index (χ2n) is 7.94. The molecule has 1 unspecified atom stereocenters. The van der Waals surface area contributed by atoms with Crippen molar-refractivity contribution in [2.24, 2.45) is 0 Å². The van der Waals surface area contributed by atoms with Gasteiger partial charge in [0.2, 0.25) is 0 Å². The van der Waals surface area contributed by atoms with Gasteiger partial charge in [0.1, 0.15) is 5.54 Å². The summed E-state index contributed by atoms with van der Waals surface area (Å²) in [7, 11) is 0. The van der Waals surface area contributed by atoms with Gasteiger partial charge in [-0.15, -0.1) is 0 Å². The molecule has 2 nitrogen and oxygen atoms in total. The quantitative estimate of drug-likeness (QED) is 0.903. The Kier molecular flexibility index (Phi) is 4.47. The number of benzene rings is 2. The zero-order valence-corrected chi connectivity index (χ0v) is 14.9. The number of nitriles is 1. The maximum Gasteiger partial charge on any atom is 0.111 e. The van der Waals surface area contributed by atoms with Crippen molar-refractivity contribution in [2.75, 3.05) is 0 Å². The second-order valence-corrected chi connectivity index (χ2v) is 7.94. The molecule has 0 bridgehead atoms. The Morgan fingerprint density at radius 3 is 2.50 bits per heavy atom. The number of hydrogen-bond donors (Lipinski definition) is 1. The van der Waals surface area contributed by atoms with E-state index in [-0.39, 0.29) is 5.41 Å². The average molecular weight is 318 g/mol. The Balaban J connectivity index is 1.81. The Morgan fingerprint density at radius 1 is 1.08 bits per heavy atom. The van der Waals surface area contributed by atoms with Gasteiger partial charge in [0.25, 0.3) is 0 Å². The summed E-state index contributed by atoms with van der Waals surface area (Å²) in [6, 6.07) is 19.7. The maximum absolute atomic E-state index is 9.86. The molecule has 0 spiro atoms. The van der Waals surface area contributed by atoms with Crippen LogP contribution in [0.15, 0.2) is 48.5 Å². The van der Waals surface area contributed by atoms with E-state index < -0.39 is 5.54 Å². The van der Waals surface area contributed by atoms with Crippen LogP contribution >= 0.6 is 0 Å². The van der Waals surface area contributed by atoms with Gasteiger partial charge >= 0.3 is 0 Å². The molecule has 0 fully saturated rings. The molecular weight excluding hydrogens is 292 g/mol. The fourth-order valence-electron chi connectivity index (χ4n) is 3.42. The van der Waals surface area contributed by atoms with Crippen LogP contribution in [-0.4, -0.2) is 5.54 Å². The number of nitrogens with zero attached hydrogens (tertiary/aromatic N) is 1. The third-order valence-corrected chi connectivity index (χ3v) is 5.07. The predicted octanol–water partition coefficient (Wildman–Crippen LogP) is 4.52. The topological polar surface area (TPSA) is 35.8 Å². The Hall–Kier alpha value is -2.11. The van der Waals surface area contributed by atoms with E-state index in [0.29, 0.717) is 0 Å². The first-order valence-electron chi connectivity index (χ1n) is 8.74. The summed E-state index contributed by atoms with van der Waals surface area (Å²) >= 11 is 0. The number of aryl methyl sites for hydroxylation is 1. The zero-order chi connectivity index (χ0) is 17.2. The van der Waals surface area contributed by atoms with Crippen LogP contribution in [-0.2, 0) is 24.8 Å². The molecule has 124 valence electrons. The highest BCUT2D eigenvalue weighted by molar-refractivity contribution is 5.40. The molecule has 0 amide bonds. The van der Waals surface area contributed by atoms with Crippen LogP contribution in [0, 0.1) is 11.3 Å². The largest absolute Gasteiger partial charge is 0.295 e. The van der Waals surface area contributed by atoms with E-state index in [1.54, 1.807) is 0 Å². The molecule has 0 radical (unpaired) electrons. The number of rotatable bonds is 3. The van der Waals surface area contributed by atoms with E-state index in [4.69, 9.17) is 0 Å². The van der Waals surface area contributed by atoms with Crippen molar-refractivity contribution in [1.82, 2.24) is 5.32 Å². The first-order chi connectivity index (χ1) is 11.4. The molecule has 2 aromatic rings. The smallest absolute Gasteiger partial charge is 0.111 e. The summed E-state index contributed by atoms with van der Waals surface area (Å²) in [4.78, 5) is 0. The lowest BCUT2D eigenvalue weighted by Crippen LogP contribution is -2.48. The molecule has 0 heterocycles. The van der Waals surface area contributed by atoms with Crippen molar-refractivity contribution < 1.29 is 0 Å². The summed E-state index contributed by atoms with van der Waals surface area (Å²) in [6.07, 6.45) is 2.63. The molecule has 1 N–H and O–H groups in total. The Morgan fingerprint density at radius 2 is 1.83 bits per heavy atom. The van der Waals surface area contributed by atoms with E-state index in [2.05, 4.69) is 62.5 Å². The summed E-state index contributed by atoms with van der Waals surface area (Å²) in [5.74, 6) is 0. The third-order valence-electron chi connectivity index (χ3n) is 5.07. The van der Waals surface area contributed by atoms with Crippen LogP contribution < -0.4 is 5.32 Å². The first-order valence-corrected chi connectivity index (χ1v) is 8.74. The molecule has 0 saturated carbocycles. The summed E-state index contributed by atoms with van der Waals surface area (Å²) in [5, 5.41) is 13.4. The van der Waals surface area contributed by atoms with Gasteiger partial charge < -0.3 is 0 Å². The normalized spacial score (nSPS) is 20.2. The third kappa shape index (κ3) is 3.52. The lowest BCUT2D eigenvalue weighted by Gasteiger charge is -2.34. The lowest BCUT2D eigenvalue weighted by atomic mass is 9.76. The van der Waals surface area contributed by atoms with Crippen LogP contribution in [0.4, 0.5) is 0 Å². The summed E-state index contributed by atoms with van der Waals surface area (Å²) < 4.78 is 0. The van der Waals surface area contributed by atoms with E-state index in [1.807, 2.05) is 18.2 Å². The van der Waals surface area contributed by atoms with Crippen molar-refractivity contribution in [3.8, 4) is 6.07 Å². The molecule has 2 aromatic carbocycles. The fourth-order valence-corrected chi connectivity index (χ4v) is 3.42. The predicted molar refractivity (Wildman–Crippen MR) is 98.8 cm³/mol. The van der Waals surface area contributed by atoms with Crippen LogP contribution in [0.3, 0.4) is 0 Å². The number of fused-ring (bicyclic) bond motifs is 1. The minimum Gasteiger partial charge on any atom is -0.295 e. The molecule has 0 aliphatic heterocycles. The molecular formula is C22H26N2.